The van der Waals surface area contributed by atoms with Gasteiger partial charge in [-0.1, -0.05) is 6.07 Å². The molecule has 0 bridgehead atoms. The van der Waals surface area contributed by atoms with Gasteiger partial charge in [-0.3, -0.25) is 0 Å². The topological polar surface area (TPSA) is 29.5 Å². The largest absolute Gasteiger partial charge is 0.462 e. The minimum absolute atomic E-state index is 0.0451. The van der Waals surface area contributed by atoms with Crippen LogP contribution in [0.4, 0.5) is 18.9 Å². The Labute approximate surface area is 155 Å². The highest BCUT2D eigenvalue weighted by atomic mass is 19.4. The maximum Gasteiger partial charge on any atom is 0.416 e. The number of rotatable bonds is 3. The van der Waals surface area contributed by atoms with Gasteiger partial charge in [-0.25, -0.2) is 4.79 Å². The molecule has 1 saturated carbocycles. The van der Waals surface area contributed by atoms with Crippen molar-refractivity contribution in [1.82, 2.24) is 0 Å². The van der Waals surface area contributed by atoms with Crippen LogP contribution in [0.2, 0.25) is 0 Å². The summed E-state index contributed by atoms with van der Waals surface area (Å²) in [5.74, 6) is -0.350. The lowest BCUT2D eigenvalue weighted by atomic mass is 9.85. The van der Waals surface area contributed by atoms with Crippen molar-refractivity contribution in [1.29, 1.82) is 0 Å². The number of hydrogen-bond acceptors (Lipinski definition) is 3. The van der Waals surface area contributed by atoms with Crippen LogP contribution >= 0.6 is 0 Å². The summed E-state index contributed by atoms with van der Waals surface area (Å²) in [7, 11) is 0. The average Bonchev–Trinajstić information content (AvgIpc) is 3.40. The summed E-state index contributed by atoms with van der Waals surface area (Å²) in [6.07, 6.45) is -2.23. The zero-order valence-corrected chi connectivity index (χ0v) is 15.0. The van der Waals surface area contributed by atoms with Crippen molar-refractivity contribution < 1.29 is 22.7 Å². The number of anilines is 1. The monoisotopic (exact) mass is 375 g/mol. The third kappa shape index (κ3) is 3.29. The molecule has 0 atom stereocenters. The molecule has 142 valence electrons. The number of hydrogen-bond donors (Lipinski definition) is 0. The molecule has 0 amide bonds. The molecule has 27 heavy (non-hydrogen) atoms. The minimum atomic E-state index is -4.33. The molecule has 0 aromatic heterocycles. The van der Waals surface area contributed by atoms with Crippen molar-refractivity contribution >= 4 is 11.7 Å². The van der Waals surface area contributed by atoms with Gasteiger partial charge in [0.05, 0.1) is 17.7 Å². The van der Waals surface area contributed by atoms with Gasteiger partial charge in [0.2, 0.25) is 0 Å². The number of nitrogens with zero attached hydrogens (tertiary/aromatic N) is 1. The summed E-state index contributed by atoms with van der Waals surface area (Å²) >= 11 is 0. The predicted molar refractivity (Wildman–Crippen MR) is 95.8 cm³/mol. The molecule has 1 aliphatic carbocycles. The number of halogens is 3. The lowest BCUT2D eigenvalue weighted by molar-refractivity contribution is -0.137. The summed E-state index contributed by atoms with van der Waals surface area (Å²) < 4.78 is 43.5. The van der Waals surface area contributed by atoms with Gasteiger partial charge in [0.1, 0.15) is 0 Å². The van der Waals surface area contributed by atoms with Gasteiger partial charge in [0, 0.05) is 24.2 Å². The van der Waals surface area contributed by atoms with Crippen LogP contribution in [0, 0.1) is 0 Å². The van der Waals surface area contributed by atoms with E-state index in [2.05, 4.69) is 4.90 Å². The van der Waals surface area contributed by atoms with Gasteiger partial charge in [-0.2, -0.15) is 13.2 Å². The molecule has 1 fully saturated rings. The third-order valence-electron chi connectivity index (χ3n) is 5.46. The van der Waals surface area contributed by atoms with E-state index in [9.17, 15) is 18.0 Å². The van der Waals surface area contributed by atoms with Gasteiger partial charge < -0.3 is 9.64 Å². The van der Waals surface area contributed by atoms with Crippen LogP contribution in [0.5, 0.6) is 0 Å². The average molecular weight is 375 g/mol. The van der Waals surface area contributed by atoms with Crippen LogP contribution in [0.1, 0.15) is 46.8 Å². The summed E-state index contributed by atoms with van der Waals surface area (Å²) in [6.45, 7) is 3.43. The fourth-order valence-corrected chi connectivity index (χ4v) is 3.92. The standard InChI is InChI=1S/C21H20F3NO2/c1-2-27-19(26)14-3-8-18-15(11-14)12-25(13-20(18)9-10-20)17-6-4-16(5-7-17)21(22,23)24/h3-8,11H,2,9-10,12-13H2,1H3. The third-order valence-corrected chi connectivity index (χ3v) is 5.46. The Morgan fingerprint density at radius 2 is 1.85 bits per heavy atom. The molecule has 1 aliphatic heterocycles. The zero-order chi connectivity index (χ0) is 19.2. The van der Waals surface area contributed by atoms with Crippen LogP contribution in [0.3, 0.4) is 0 Å². The Bertz CT molecular complexity index is 870. The second kappa shape index (κ2) is 6.29. The van der Waals surface area contributed by atoms with E-state index in [1.165, 1.54) is 17.7 Å². The molecule has 2 aromatic carbocycles. The van der Waals surface area contributed by atoms with Crippen molar-refractivity contribution in [3.05, 3.63) is 64.7 Å². The van der Waals surface area contributed by atoms with E-state index < -0.39 is 11.7 Å². The zero-order valence-electron chi connectivity index (χ0n) is 15.0. The van der Waals surface area contributed by atoms with Crippen LogP contribution in [-0.4, -0.2) is 19.1 Å². The lowest BCUT2D eigenvalue weighted by Crippen LogP contribution is -2.38. The molecule has 6 heteroatoms. The van der Waals surface area contributed by atoms with E-state index in [0.29, 0.717) is 18.7 Å². The first-order valence-electron chi connectivity index (χ1n) is 9.05. The Balaban J connectivity index is 1.64. The second-order valence-corrected chi connectivity index (χ2v) is 7.27. The van der Waals surface area contributed by atoms with Crippen molar-refractivity contribution in [2.75, 3.05) is 18.1 Å². The van der Waals surface area contributed by atoms with E-state index in [1.54, 1.807) is 6.92 Å². The molecule has 0 unspecified atom stereocenters. The number of carbonyl (C=O) groups is 1. The molecule has 3 nitrogen and oxygen atoms in total. The van der Waals surface area contributed by atoms with E-state index >= 15 is 0 Å². The molecule has 2 aliphatic rings. The summed E-state index contributed by atoms with van der Waals surface area (Å²) in [6, 6.07) is 11.0. The van der Waals surface area contributed by atoms with E-state index in [-0.39, 0.29) is 11.4 Å². The highest BCUT2D eigenvalue weighted by Crippen LogP contribution is 2.53. The van der Waals surface area contributed by atoms with Gasteiger partial charge >= 0.3 is 12.1 Å². The smallest absolute Gasteiger partial charge is 0.416 e. The van der Waals surface area contributed by atoms with Crippen LogP contribution in [-0.2, 0) is 22.9 Å². The fourth-order valence-electron chi connectivity index (χ4n) is 3.92. The molecule has 1 heterocycles. The first-order chi connectivity index (χ1) is 12.8. The van der Waals surface area contributed by atoms with Gasteiger partial charge in [-0.15, -0.1) is 0 Å². The van der Waals surface area contributed by atoms with Crippen LogP contribution < -0.4 is 4.90 Å². The number of alkyl halides is 3. The lowest BCUT2D eigenvalue weighted by Gasteiger charge is -2.37. The van der Waals surface area contributed by atoms with Crippen molar-refractivity contribution in [3.8, 4) is 0 Å². The quantitative estimate of drug-likeness (QED) is 0.712. The van der Waals surface area contributed by atoms with Gasteiger partial charge in [-0.05, 0) is 67.3 Å². The Hall–Kier alpha value is -2.50. The summed E-state index contributed by atoms with van der Waals surface area (Å²) in [5.41, 5.74) is 2.98. The Morgan fingerprint density at radius 3 is 2.44 bits per heavy atom. The Kier molecular flexibility index (Phi) is 4.17. The van der Waals surface area contributed by atoms with Crippen LogP contribution in [0.25, 0.3) is 0 Å². The molecule has 0 N–H and O–H groups in total. The molecule has 2 aromatic rings. The minimum Gasteiger partial charge on any atom is -0.462 e. The second-order valence-electron chi connectivity index (χ2n) is 7.27. The SMILES string of the molecule is CCOC(=O)c1ccc2c(c1)CN(c1ccc(C(F)(F)F)cc1)CC21CC1. The molecule has 4 rings (SSSR count). The molecule has 1 spiro atoms. The normalized spacial score (nSPS) is 17.6. The summed E-state index contributed by atoms with van der Waals surface area (Å²) in [5, 5.41) is 0. The van der Waals surface area contributed by atoms with Crippen LogP contribution in [0.15, 0.2) is 42.5 Å². The van der Waals surface area contributed by atoms with E-state index in [0.717, 1.165) is 42.8 Å². The molecular weight excluding hydrogens is 355 g/mol. The van der Waals surface area contributed by atoms with Gasteiger partial charge in [0.15, 0.2) is 0 Å². The van der Waals surface area contributed by atoms with Crippen molar-refractivity contribution in [3.63, 3.8) is 0 Å². The number of fused-ring (bicyclic) bond motifs is 2. The Morgan fingerprint density at radius 1 is 1.15 bits per heavy atom. The van der Waals surface area contributed by atoms with E-state index in [1.807, 2.05) is 18.2 Å². The first-order valence-corrected chi connectivity index (χ1v) is 9.05. The maximum absolute atomic E-state index is 12.8. The highest BCUT2D eigenvalue weighted by molar-refractivity contribution is 5.90. The highest BCUT2D eigenvalue weighted by Gasteiger charge is 2.49. The van der Waals surface area contributed by atoms with Crippen molar-refractivity contribution in [2.24, 2.45) is 0 Å². The number of benzene rings is 2. The maximum atomic E-state index is 12.8. The van der Waals surface area contributed by atoms with Gasteiger partial charge in [0.25, 0.3) is 0 Å². The van der Waals surface area contributed by atoms with E-state index in [4.69, 9.17) is 4.74 Å². The number of carbonyl (C=O) groups excluding carboxylic acids is 1. The molecular formula is C21H20F3NO2. The fraction of sp³-hybridized carbons (Fsp3) is 0.381. The number of ether oxygens (including phenoxy) is 1. The summed E-state index contributed by atoms with van der Waals surface area (Å²) in [4.78, 5) is 14.1. The predicted octanol–water partition coefficient (Wildman–Crippen LogP) is 4.93. The number of esters is 1. The molecule has 0 radical (unpaired) electrons. The van der Waals surface area contributed by atoms with Crippen molar-refractivity contribution in [2.45, 2.75) is 37.9 Å². The first kappa shape index (κ1) is 17.9. The molecule has 0 saturated heterocycles.